The van der Waals surface area contributed by atoms with E-state index in [-0.39, 0.29) is 0 Å². The Labute approximate surface area is 171 Å². The minimum absolute atomic E-state index is 0.336. The summed E-state index contributed by atoms with van der Waals surface area (Å²) in [6, 6.07) is 15.8. The van der Waals surface area contributed by atoms with Gasteiger partial charge in [0.2, 0.25) is 0 Å². The average molecular weight is 472 g/mol. The van der Waals surface area contributed by atoms with Crippen molar-refractivity contribution in [2.45, 2.75) is 13.5 Å². The van der Waals surface area contributed by atoms with Crippen LogP contribution in [0.1, 0.15) is 22.6 Å². The molecular weight excluding hydrogens is 455 g/mol. The fourth-order valence-corrected chi connectivity index (χ4v) is 2.92. The van der Waals surface area contributed by atoms with Gasteiger partial charge >= 0.3 is 0 Å². The van der Waals surface area contributed by atoms with Gasteiger partial charge in [0.1, 0.15) is 23.2 Å². The van der Waals surface area contributed by atoms with Gasteiger partial charge in [-0.25, -0.2) is 4.98 Å². The van der Waals surface area contributed by atoms with Crippen LogP contribution in [0, 0.1) is 21.8 Å². The second kappa shape index (κ2) is 8.79. The third-order valence-electron chi connectivity index (χ3n) is 3.76. The molecule has 3 rings (SSSR count). The number of aromatic nitrogens is 1. The molecule has 0 bridgehead atoms. The number of rotatable bonds is 6. The van der Waals surface area contributed by atoms with E-state index in [0.29, 0.717) is 23.7 Å². The number of hydrogen-bond acceptors (Lipinski definition) is 6. The molecule has 0 atom stereocenters. The number of halogens is 1. The first-order chi connectivity index (χ1) is 13.1. The maximum atomic E-state index is 9.43. The molecule has 2 heterocycles. The molecule has 1 N–H and O–H groups in total. The summed E-state index contributed by atoms with van der Waals surface area (Å²) in [5.41, 5.74) is 5.79. The first-order valence-corrected chi connectivity index (χ1v) is 9.23. The zero-order chi connectivity index (χ0) is 19.2. The Bertz CT molecular complexity index is 1000. The Hall–Kier alpha value is -2.70. The number of nitriles is 1. The summed E-state index contributed by atoms with van der Waals surface area (Å²) in [5, 5.41) is 13.6. The van der Waals surface area contributed by atoms with Crippen LogP contribution in [0.25, 0.3) is 11.3 Å². The van der Waals surface area contributed by atoms with E-state index < -0.39 is 0 Å². The van der Waals surface area contributed by atoms with E-state index >= 15 is 0 Å². The molecule has 0 aliphatic heterocycles. The first kappa shape index (κ1) is 19.1. The van der Waals surface area contributed by atoms with Gasteiger partial charge in [-0.2, -0.15) is 10.4 Å². The fourth-order valence-electron chi connectivity index (χ4n) is 2.56. The summed E-state index contributed by atoms with van der Waals surface area (Å²) in [7, 11) is 1.59. The SMILES string of the molecule is COCc1cc(C)nc(N/N=C/c2ccc(-c3ccc(I)cc3)o2)c1C#N. The van der Waals surface area contributed by atoms with Crippen molar-refractivity contribution >= 4 is 34.6 Å². The summed E-state index contributed by atoms with van der Waals surface area (Å²) in [5.74, 6) is 1.76. The summed E-state index contributed by atoms with van der Waals surface area (Å²) in [6.45, 7) is 2.19. The van der Waals surface area contributed by atoms with Crippen molar-refractivity contribution in [2.75, 3.05) is 12.5 Å². The van der Waals surface area contributed by atoms with Crippen LogP contribution in [0.5, 0.6) is 0 Å². The maximum Gasteiger partial charge on any atom is 0.164 e. The van der Waals surface area contributed by atoms with Crippen molar-refractivity contribution in [1.82, 2.24) is 4.98 Å². The lowest BCUT2D eigenvalue weighted by Crippen LogP contribution is -2.03. The number of hydrogen-bond donors (Lipinski definition) is 1. The minimum atomic E-state index is 0.336. The Balaban J connectivity index is 1.77. The molecule has 0 amide bonds. The van der Waals surface area contributed by atoms with E-state index in [9.17, 15) is 5.26 Å². The van der Waals surface area contributed by atoms with Crippen molar-refractivity contribution in [2.24, 2.45) is 5.10 Å². The molecule has 0 fully saturated rings. The van der Waals surface area contributed by atoms with E-state index in [1.54, 1.807) is 13.3 Å². The molecule has 0 aliphatic carbocycles. The van der Waals surface area contributed by atoms with Gasteiger partial charge in [0.25, 0.3) is 0 Å². The van der Waals surface area contributed by atoms with E-state index in [4.69, 9.17) is 9.15 Å². The number of aryl methyl sites for hydroxylation is 1. The summed E-state index contributed by atoms with van der Waals surface area (Å²) >= 11 is 2.26. The molecule has 3 aromatic rings. The number of hydrazone groups is 1. The molecule has 0 aliphatic rings. The monoisotopic (exact) mass is 472 g/mol. The quantitative estimate of drug-likeness (QED) is 0.319. The van der Waals surface area contributed by atoms with Crippen LogP contribution in [0.2, 0.25) is 0 Å². The van der Waals surface area contributed by atoms with Gasteiger partial charge in [-0.15, -0.1) is 0 Å². The van der Waals surface area contributed by atoms with Gasteiger partial charge in [-0.1, -0.05) is 12.1 Å². The standard InChI is InChI=1S/C20H17IN4O2/c1-13-9-15(12-26-2)18(10-22)20(24-13)25-23-11-17-7-8-19(27-17)14-3-5-16(21)6-4-14/h3-9,11H,12H2,1-2H3,(H,24,25)/b23-11+. The van der Waals surface area contributed by atoms with Crippen LogP contribution >= 0.6 is 22.6 Å². The number of benzene rings is 1. The molecule has 2 aromatic heterocycles. The lowest BCUT2D eigenvalue weighted by atomic mass is 10.1. The molecule has 0 spiro atoms. The Morgan fingerprint density at radius 1 is 1.30 bits per heavy atom. The maximum absolute atomic E-state index is 9.43. The van der Waals surface area contributed by atoms with Gasteiger partial charge in [-0.3, -0.25) is 5.43 Å². The highest BCUT2D eigenvalue weighted by molar-refractivity contribution is 14.1. The van der Waals surface area contributed by atoms with E-state index in [0.717, 1.165) is 22.6 Å². The van der Waals surface area contributed by atoms with Crippen LogP contribution in [0.4, 0.5) is 5.82 Å². The molecule has 0 radical (unpaired) electrons. The smallest absolute Gasteiger partial charge is 0.164 e. The van der Waals surface area contributed by atoms with Crippen LogP contribution in [0.15, 0.2) is 52.0 Å². The second-order valence-electron chi connectivity index (χ2n) is 5.77. The Morgan fingerprint density at radius 3 is 2.78 bits per heavy atom. The largest absolute Gasteiger partial charge is 0.455 e. The number of anilines is 1. The number of methoxy groups -OCH3 is 1. The Morgan fingerprint density at radius 2 is 2.07 bits per heavy atom. The number of nitrogens with one attached hydrogen (secondary N) is 1. The van der Waals surface area contributed by atoms with Crippen molar-refractivity contribution in [3.8, 4) is 17.4 Å². The Kier molecular flexibility index (Phi) is 6.21. The zero-order valence-corrected chi connectivity index (χ0v) is 17.0. The predicted molar refractivity (Wildman–Crippen MR) is 112 cm³/mol. The molecule has 0 saturated carbocycles. The minimum Gasteiger partial charge on any atom is -0.455 e. The fraction of sp³-hybridized carbons (Fsp3) is 0.150. The lowest BCUT2D eigenvalue weighted by molar-refractivity contribution is 0.184. The molecular formula is C20H17IN4O2. The first-order valence-electron chi connectivity index (χ1n) is 8.15. The molecule has 27 heavy (non-hydrogen) atoms. The van der Waals surface area contributed by atoms with Gasteiger partial charge in [0, 0.05) is 27.5 Å². The van der Waals surface area contributed by atoms with Gasteiger partial charge in [0.15, 0.2) is 5.82 Å². The molecule has 0 saturated heterocycles. The van der Waals surface area contributed by atoms with Crippen molar-refractivity contribution in [3.05, 3.63) is 68.6 Å². The second-order valence-corrected chi connectivity index (χ2v) is 7.02. The predicted octanol–water partition coefficient (Wildman–Crippen LogP) is 4.72. The van der Waals surface area contributed by atoms with Crippen molar-refractivity contribution in [1.29, 1.82) is 5.26 Å². The van der Waals surface area contributed by atoms with E-state index in [2.05, 4.69) is 44.2 Å². The third kappa shape index (κ3) is 4.72. The summed E-state index contributed by atoms with van der Waals surface area (Å²) < 4.78 is 12.1. The summed E-state index contributed by atoms with van der Waals surface area (Å²) in [4.78, 5) is 4.34. The van der Waals surface area contributed by atoms with Crippen LogP contribution in [-0.2, 0) is 11.3 Å². The molecule has 6 nitrogen and oxygen atoms in total. The number of furan rings is 1. The van der Waals surface area contributed by atoms with Crippen LogP contribution < -0.4 is 5.43 Å². The number of pyridine rings is 1. The van der Waals surface area contributed by atoms with Gasteiger partial charge in [-0.05, 0) is 59.8 Å². The number of nitrogens with zero attached hydrogens (tertiary/aromatic N) is 3. The van der Waals surface area contributed by atoms with Gasteiger partial charge < -0.3 is 9.15 Å². The topological polar surface area (TPSA) is 83.4 Å². The highest BCUT2D eigenvalue weighted by Gasteiger charge is 2.11. The van der Waals surface area contributed by atoms with Gasteiger partial charge in [0.05, 0.1) is 12.8 Å². The van der Waals surface area contributed by atoms with E-state index in [1.165, 1.54) is 3.57 Å². The molecule has 7 heteroatoms. The average Bonchev–Trinajstić information content (AvgIpc) is 3.11. The number of ether oxygens (including phenoxy) is 1. The zero-order valence-electron chi connectivity index (χ0n) is 14.9. The van der Waals surface area contributed by atoms with Crippen LogP contribution in [0.3, 0.4) is 0 Å². The third-order valence-corrected chi connectivity index (χ3v) is 4.48. The van der Waals surface area contributed by atoms with Crippen LogP contribution in [-0.4, -0.2) is 18.3 Å². The van der Waals surface area contributed by atoms with Crippen molar-refractivity contribution < 1.29 is 9.15 Å². The highest BCUT2D eigenvalue weighted by Crippen LogP contribution is 2.23. The molecule has 136 valence electrons. The summed E-state index contributed by atoms with van der Waals surface area (Å²) in [6.07, 6.45) is 1.55. The normalized spacial score (nSPS) is 10.9. The molecule has 1 aromatic carbocycles. The lowest BCUT2D eigenvalue weighted by Gasteiger charge is -2.08. The highest BCUT2D eigenvalue weighted by atomic mass is 127. The van der Waals surface area contributed by atoms with Crippen molar-refractivity contribution in [3.63, 3.8) is 0 Å². The van der Waals surface area contributed by atoms with E-state index in [1.807, 2.05) is 49.4 Å². The molecule has 0 unspecified atom stereocenters.